The molecule has 37 heavy (non-hydrogen) atoms. The van der Waals surface area contributed by atoms with E-state index in [0.717, 1.165) is 11.4 Å². The summed E-state index contributed by atoms with van der Waals surface area (Å²) >= 11 is 0. The van der Waals surface area contributed by atoms with Gasteiger partial charge in [0.25, 0.3) is 0 Å². The third-order valence-electron chi connectivity index (χ3n) is 7.79. The van der Waals surface area contributed by atoms with Crippen molar-refractivity contribution in [3.05, 3.63) is 121 Å². The normalized spacial score (nSPS) is 11.9. The van der Waals surface area contributed by atoms with Crippen molar-refractivity contribution in [2.75, 3.05) is 7.11 Å². The quantitative estimate of drug-likeness (QED) is 0.228. The number of ether oxygens (including phenoxy) is 1. The third kappa shape index (κ3) is 2.93. The molecule has 0 bridgehead atoms. The Morgan fingerprint density at radius 3 is 1.38 bits per heavy atom. The molecule has 0 radical (unpaired) electrons. The summed E-state index contributed by atoms with van der Waals surface area (Å²) in [5.41, 5.74) is 3.55. The Labute approximate surface area is 213 Å². The van der Waals surface area contributed by atoms with Crippen molar-refractivity contribution in [2.45, 2.75) is 0 Å². The number of benzene rings is 7. The van der Waals surface area contributed by atoms with Crippen molar-refractivity contribution in [2.24, 2.45) is 0 Å². The highest BCUT2D eigenvalue weighted by molar-refractivity contribution is 6.30. The van der Waals surface area contributed by atoms with Crippen LogP contribution in [0.1, 0.15) is 0 Å². The molecule has 1 heterocycles. The standard InChI is InChI=1S/C35H23NO/c1-37-29-14-12-28(13-15-29)36-32-16-10-26-18-22-6-2-4-8-24(22)20-30(26)34(32)35-31-21-25-9-5-3-7-23(25)19-27(31)11-17-33(35)36/h2-21H,1H3. The number of methoxy groups -OCH3 is 1. The summed E-state index contributed by atoms with van der Waals surface area (Å²) in [6.07, 6.45) is 0. The maximum atomic E-state index is 5.45. The third-order valence-corrected chi connectivity index (χ3v) is 7.79. The fourth-order valence-corrected chi connectivity index (χ4v) is 6.04. The van der Waals surface area contributed by atoms with Crippen LogP contribution < -0.4 is 4.74 Å². The molecule has 0 unspecified atom stereocenters. The Hall–Kier alpha value is -4.82. The molecule has 8 rings (SSSR count). The molecule has 0 saturated heterocycles. The van der Waals surface area contributed by atoms with Crippen LogP contribution in [-0.2, 0) is 0 Å². The second-order valence-electron chi connectivity index (χ2n) is 9.79. The zero-order valence-corrected chi connectivity index (χ0v) is 20.4. The fourth-order valence-electron chi connectivity index (χ4n) is 6.04. The summed E-state index contributed by atoms with van der Waals surface area (Å²) in [4.78, 5) is 0. The first-order valence-electron chi connectivity index (χ1n) is 12.6. The Morgan fingerprint density at radius 1 is 0.459 bits per heavy atom. The zero-order chi connectivity index (χ0) is 24.5. The summed E-state index contributed by atoms with van der Waals surface area (Å²) in [5, 5.41) is 12.8. The van der Waals surface area contributed by atoms with Gasteiger partial charge in [-0.15, -0.1) is 0 Å². The number of hydrogen-bond acceptors (Lipinski definition) is 1. The molecule has 1 aromatic heterocycles. The van der Waals surface area contributed by atoms with E-state index in [2.05, 4.69) is 114 Å². The van der Waals surface area contributed by atoms with E-state index in [4.69, 9.17) is 4.74 Å². The number of nitrogens with zero attached hydrogens (tertiary/aromatic N) is 1. The summed E-state index contributed by atoms with van der Waals surface area (Å²) < 4.78 is 7.85. The Balaban J connectivity index is 1.61. The molecule has 2 nitrogen and oxygen atoms in total. The first kappa shape index (κ1) is 20.4. The first-order chi connectivity index (χ1) is 18.3. The van der Waals surface area contributed by atoms with Crippen molar-refractivity contribution in [3.63, 3.8) is 0 Å². The summed E-state index contributed by atoms with van der Waals surface area (Å²) in [6, 6.07) is 44.1. The van der Waals surface area contributed by atoms with Crippen LogP contribution in [0.25, 0.3) is 70.6 Å². The van der Waals surface area contributed by atoms with Crippen LogP contribution >= 0.6 is 0 Å². The molecular weight excluding hydrogens is 450 g/mol. The van der Waals surface area contributed by atoms with Crippen LogP contribution in [-0.4, -0.2) is 11.7 Å². The predicted molar refractivity (Wildman–Crippen MR) is 157 cm³/mol. The Morgan fingerprint density at radius 2 is 0.919 bits per heavy atom. The molecule has 174 valence electrons. The van der Waals surface area contributed by atoms with Gasteiger partial charge in [0.2, 0.25) is 0 Å². The van der Waals surface area contributed by atoms with Crippen LogP contribution in [0.3, 0.4) is 0 Å². The van der Waals surface area contributed by atoms with Crippen molar-refractivity contribution >= 4 is 64.9 Å². The number of fused-ring (bicyclic) bond motifs is 9. The molecule has 7 aromatic carbocycles. The van der Waals surface area contributed by atoms with Gasteiger partial charge in [0.15, 0.2) is 0 Å². The second-order valence-corrected chi connectivity index (χ2v) is 9.79. The minimum atomic E-state index is 0.860. The van der Waals surface area contributed by atoms with Gasteiger partial charge in [-0.1, -0.05) is 60.7 Å². The number of hydrogen-bond donors (Lipinski definition) is 0. The summed E-state index contributed by atoms with van der Waals surface area (Å²) in [5.74, 6) is 0.860. The SMILES string of the molecule is COc1ccc(-n2c3ccc4cc5ccccc5cc4c3c3c4cc5ccccc5cc4ccc32)cc1. The fraction of sp³-hybridized carbons (Fsp3) is 0.0286. The molecule has 0 fully saturated rings. The maximum absolute atomic E-state index is 5.45. The molecule has 0 aliphatic heterocycles. The van der Waals surface area contributed by atoms with Crippen LogP contribution in [0.2, 0.25) is 0 Å². The van der Waals surface area contributed by atoms with E-state index in [0.29, 0.717) is 0 Å². The molecule has 0 amide bonds. The van der Waals surface area contributed by atoms with E-state index in [-0.39, 0.29) is 0 Å². The van der Waals surface area contributed by atoms with Gasteiger partial charge >= 0.3 is 0 Å². The highest BCUT2D eigenvalue weighted by Gasteiger charge is 2.18. The van der Waals surface area contributed by atoms with Crippen molar-refractivity contribution < 1.29 is 4.74 Å². The smallest absolute Gasteiger partial charge is 0.119 e. The van der Waals surface area contributed by atoms with E-state index in [1.165, 1.54) is 64.9 Å². The van der Waals surface area contributed by atoms with E-state index < -0.39 is 0 Å². The van der Waals surface area contributed by atoms with Crippen LogP contribution in [0.4, 0.5) is 0 Å². The van der Waals surface area contributed by atoms with Gasteiger partial charge in [0.05, 0.1) is 18.1 Å². The van der Waals surface area contributed by atoms with Crippen molar-refractivity contribution in [1.82, 2.24) is 4.57 Å². The van der Waals surface area contributed by atoms with E-state index in [1.54, 1.807) is 7.11 Å². The largest absolute Gasteiger partial charge is 0.497 e. The number of rotatable bonds is 2. The van der Waals surface area contributed by atoms with Crippen molar-refractivity contribution in [3.8, 4) is 11.4 Å². The molecular formula is C35H23NO. The van der Waals surface area contributed by atoms with E-state index >= 15 is 0 Å². The molecule has 0 atom stereocenters. The van der Waals surface area contributed by atoms with Gasteiger partial charge in [-0.05, 0) is 104 Å². The van der Waals surface area contributed by atoms with Crippen LogP contribution in [0.15, 0.2) is 121 Å². The van der Waals surface area contributed by atoms with Gasteiger partial charge in [0, 0.05) is 16.5 Å². The lowest BCUT2D eigenvalue weighted by atomic mass is 9.96. The van der Waals surface area contributed by atoms with E-state index in [1.807, 2.05) is 12.1 Å². The highest BCUT2D eigenvalue weighted by Crippen LogP contribution is 2.42. The summed E-state index contributed by atoms with van der Waals surface area (Å²) in [7, 11) is 1.71. The molecule has 0 saturated carbocycles. The number of aromatic nitrogens is 1. The molecule has 8 aromatic rings. The maximum Gasteiger partial charge on any atom is 0.119 e. The Kier molecular flexibility index (Phi) is 4.18. The average Bonchev–Trinajstić information content (AvgIpc) is 3.30. The lowest BCUT2D eigenvalue weighted by Gasteiger charge is -2.10. The van der Waals surface area contributed by atoms with Gasteiger partial charge in [-0.2, -0.15) is 0 Å². The lowest BCUT2D eigenvalue weighted by Crippen LogP contribution is -1.94. The van der Waals surface area contributed by atoms with Gasteiger partial charge in [0.1, 0.15) is 5.75 Å². The first-order valence-corrected chi connectivity index (χ1v) is 12.6. The Bertz CT molecular complexity index is 2030. The van der Waals surface area contributed by atoms with Crippen molar-refractivity contribution in [1.29, 1.82) is 0 Å². The predicted octanol–water partition coefficient (Wildman–Crippen LogP) is 9.41. The van der Waals surface area contributed by atoms with Crippen LogP contribution in [0.5, 0.6) is 5.75 Å². The minimum Gasteiger partial charge on any atom is -0.497 e. The lowest BCUT2D eigenvalue weighted by molar-refractivity contribution is 0.415. The average molecular weight is 474 g/mol. The topological polar surface area (TPSA) is 14.2 Å². The molecule has 0 N–H and O–H groups in total. The monoisotopic (exact) mass is 473 g/mol. The molecule has 0 aliphatic rings. The van der Waals surface area contributed by atoms with Gasteiger partial charge < -0.3 is 9.30 Å². The molecule has 0 aliphatic carbocycles. The van der Waals surface area contributed by atoms with Crippen LogP contribution in [0, 0.1) is 0 Å². The van der Waals surface area contributed by atoms with Gasteiger partial charge in [-0.3, -0.25) is 0 Å². The van der Waals surface area contributed by atoms with Gasteiger partial charge in [-0.25, -0.2) is 0 Å². The molecule has 0 spiro atoms. The molecule has 2 heteroatoms. The second kappa shape index (κ2) is 7.59. The highest BCUT2D eigenvalue weighted by atomic mass is 16.5. The zero-order valence-electron chi connectivity index (χ0n) is 20.4. The van der Waals surface area contributed by atoms with E-state index in [9.17, 15) is 0 Å². The minimum absolute atomic E-state index is 0.860. The summed E-state index contributed by atoms with van der Waals surface area (Å²) in [6.45, 7) is 0.